The number of rotatable bonds is 4. The highest BCUT2D eigenvalue weighted by Crippen LogP contribution is 2.40. The fourth-order valence-electron chi connectivity index (χ4n) is 3.28. The SMILES string of the molecule is CN=C(NC1CC1c1ccccc1)N1CCC(COC)C1. The fraction of sp³-hybridized carbons (Fsp3) is 0.588. The number of ether oxygens (including phenoxy) is 1. The topological polar surface area (TPSA) is 36.9 Å². The van der Waals surface area contributed by atoms with Gasteiger partial charge in [-0.15, -0.1) is 0 Å². The molecule has 1 saturated carbocycles. The summed E-state index contributed by atoms with van der Waals surface area (Å²) in [7, 11) is 3.66. The molecule has 1 heterocycles. The molecular weight excluding hydrogens is 262 g/mol. The number of likely N-dealkylation sites (tertiary alicyclic amines) is 1. The van der Waals surface area contributed by atoms with Crippen LogP contribution in [0.4, 0.5) is 0 Å². The summed E-state index contributed by atoms with van der Waals surface area (Å²) in [6, 6.07) is 11.3. The Hall–Kier alpha value is -1.55. The second kappa shape index (κ2) is 6.48. The van der Waals surface area contributed by atoms with E-state index >= 15 is 0 Å². The molecule has 2 fully saturated rings. The summed E-state index contributed by atoms with van der Waals surface area (Å²) in [5.41, 5.74) is 1.43. The van der Waals surface area contributed by atoms with E-state index in [1.54, 1.807) is 7.11 Å². The predicted molar refractivity (Wildman–Crippen MR) is 85.6 cm³/mol. The zero-order valence-corrected chi connectivity index (χ0v) is 13.0. The van der Waals surface area contributed by atoms with Crippen molar-refractivity contribution in [3.63, 3.8) is 0 Å². The third-order valence-corrected chi connectivity index (χ3v) is 4.53. The van der Waals surface area contributed by atoms with E-state index in [4.69, 9.17) is 4.74 Å². The normalized spacial score (nSPS) is 28.8. The number of benzene rings is 1. The number of hydrogen-bond donors (Lipinski definition) is 1. The molecule has 3 rings (SSSR count). The van der Waals surface area contributed by atoms with E-state index in [0.717, 1.165) is 25.7 Å². The molecule has 1 aliphatic carbocycles. The van der Waals surface area contributed by atoms with E-state index in [9.17, 15) is 0 Å². The zero-order valence-electron chi connectivity index (χ0n) is 13.0. The van der Waals surface area contributed by atoms with Crippen molar-refractivity contribution in [2.24, 2.45) is 10.9 Å². The van der Waals surface area contributed by atoms with Crippen LogP contribution in [-0.4, -0.2) is 50.8 Å². The molecular formula is C17H25N3O. The smallest absolute Gasteiger partial charge is 0.193 e. The first-order chi connectivity index (χ1) is 10.3. The second-order valence-electron chi connectivity index (χ2n) is 6.11. The van der Waals surface area contributed by atoms with Gasteiger partial charge in [-0.1, -0.05) is 30.3 Å². The first-order valence-corrected chi connectivity index (χ1v) is 7.84. The van der Waals surface area contributed by atoms with Gasteiger partial charge in [0, 0.05) is 45.1 Å². The minimum Gasteiger partial charge on any atom is -0.384 e. The number of methoxy groups -OCH3 is 1. The first-order valence-electron chi connectivity index (χ1n) is 7.84. The lowest BCUT2D eigenvalue weighted by Gasteiger charge is -2.22. The summed E-state index contributed by atoms with van der Waals surface area (Å²) < 4.78 is 5.27. The third-order valence-electron chi connectivity index (χ3n) is 4.53. The van der Waals surface area contributed by atoms with Crippen molar-refractivity contribution in [2.45, 2.75) is 24.8 Å². The van der Waals surface area contributed by atoms with Crippen LogP contribution in [0.15, 0.2) is 35.3 Å². The molecule has 1 aromatic rings. The van der Waals surface area contributed by atoms with E-state index in [2.05, 4.69) is 45.5 Å². The Morgan fingerprint density at radius 3 is 2.90 bits per heavy atom. The molecule has 1 aliphatic heterocycles. The van der Waals surface area contributed by atoms with Gasteiger partial charge in [-0.25, -0.2) is 0 Å². The highest BCUT2D eigenvalue weighted by Gasteiger charge is 2.40. The molecule has 1 N–H and O–H groups in total. The van der Waals surface area contributed by atoms with Gasteiger partial charge < -0.3 is 15.0 Å². The molecule has 114 valence electrons. The van der Waals surface area contributed by atoms with Crippen LogP contribution in [0.2, 0.25) is 0 Å². The largest absolute Gasteiger partial charge is 0.384 e. The first kappa shape index (κ1) is 14.4. The average Bonchev–Trinajstić information content (AvgIpc) is 3.15. The molecule has 21 heavy (non-hydrogen) atoms. The Morgan fingerprint density at radius 1 is 1.38 bits per heavy atom. The van der Waals surface area contributed by atoms with Crippen LogP contribution in [0.1, 0.15) is 24.3 Å². The molecule has 2 aliphatic rings. The van der Waals surface area contributed by atoms with Crippen LogP contribution >= 0.6 is 0 Å². The van der Waals surface area contributed by atoms with Gasteiger partial charge in [0.15, 0.2) is 5.96 Å². The van der Waals surface area contributed by atoms with E-state index in [1.807, 2.05) is 7.05 Å². The Labute approximate surface area is 127 Å². The minimum absolute atomic E-state index is 0.535. The van der Waals surface area contributed by atoms with Crippen molar-refractivity contribution in [1.82, 2.24) is 10.2 Å². The predicted octanol–water partition coefficient (Wildman–Crippen LogP) is 2.09. The van der Waals surface area contributed by atoms with Crippen molar-refractivity contribution in [3.8, 4) is 0 Å². The van der Waals surface area contributed by atoms with Gasteiger partial charge >= 0.3 is 0 Å². The molecule has 0 amide bonds. The maximum absolute atomic E-state index is 5.27. The van der Waals surface area contributed by atoms with Gasteiger partial charge in [0.2, 0.25) is 0 Å². The van der Waals surface area contributed by atoms with Crippen LogP contribution in [0.5, 0.6) is 0 Å². The van der Waals surface area contributed by atoms with E-state index in [-0.39, 0.29) is 0 Å². The highest BCUT2D eigenvalue weighted by atomic mass is 16.5. The Morgan fingerprint density at radius 2 is 2.19 bits per heavy atom. The Kier molecular flexibility index (Phi) is 4.44. The average molecular weight is 287 g/mol. The maximum Gasteiger partial charge on any atom is 0.193 e. The van der Waals surface area contributed by atoms with Crippen LogP contribution in [0.25, 0.3) is 0 Å². The lowest BCUT2D eigenvalue weighted by molar-refractivity contribution is 0.157. The molecule has 3 atom stereocenters. The summed E-state index contributed by atoms with van der Waals surface area (Å²) >= 11 is 0. The summed E-state index contributed by atoms with van der Waals surface area (Å²) in [6.07, 6.45) is 2.40. The summed E-state index contributed by atoms with van der Waals surface area (Å²) in [4.78, 5) is 6.83. The second-order valence-corrected chi connectivity index (χ2v) is 6.11. The van der Waals surface area contributed by atoms with Crippen molar-refractivity contribution in [1.29, 1.82) is 0 Å². The standard InChI is InChI=1S/C17H25N3O/c1-18-17(20-9-8-13(11-20)12-21-2)19-16-10-15(16)14-6-4-3-5-7-14/h3-7,13,15-16H,8-12H2,1-2H3,(H,18,19). The molecule has 4 nitrogen and oxygen atoms in total. The number of hydrogen-bond acceptors (Lipinski definition) is 2. The molecule has 3 unspecified atom stereocenters. The minimum atomic E-state index is 0.535. The van der Waals surface area contributed by atoms with Crippen molar-refractivity contribution in [3.05, 3.63) is 35.9 Å². The third kappa shape index (κ3) is 3.38. The van der Waals surface area contributed by atoms with Crippen LogP contribution in [0, 0.1) is 5.92 Å². The lowest BCUT2D eigenvalue weighted by atomic mass is 10.1. The highest BCUT2D eigenvalue weighted by molar-refractivity contribution is 5.81. The molecule has 0 aromatic heterocycles. The van der Waals surface area contributed by atoms with E-state index < -0.39 is 0 Å². The van der Waals surface area contributed by atoms with Crippen molar-refractivity contribution in [2.75, 3.05) is 33.9 Å². The molecule has 0 bridgehead atoms. The Bertz CT molecular complexity index is 488. The maximum atomic E-state index is 5.27. The van der Waals surface area contributed by atoms with Crippen molar-refractivity contribution >= 4 is 5.96 Å². The monoisotopic (exact) mass is 287 g/mol. The van der Waals surface area contributed by atoms with Gasteiger partial charge in [0.05, 0.1) is 6.61 Å². The molecule has 4 heteroatoms. The number of nitrogens with zero attached hydrogens (tertiary/aromatic N) is 2. The molecule has 1 aromatic carbocycles. The van der Waals surface area contributed by atoms with Gasteiger partial charge in [0.1, 0.15) is 0 Å². The lowest BCUT2D eigenvalue weighted by Crippen LogP contribution is -2.41. The molecule has 0 spiro atoms. The summed E-state index contributed by atoms with van der Waals surface area (Å²) in [5.74, 6) is 2.33. The van der Waals surface area contributed by atoms with Gasteiger partial charge in [-0.05, 0) is 18.4 Å². The quantitative estimate of drug-likeness (QED) is 0.680. The zero-order chi connectivity index (χ0) is 14.7. The van der Waals surface area contributed by atoms with E-state index in [1.165, 1.54) is 18.4 Å². The van der Waals surface area contributed by atoms with Crippen LogP contribution < -0.4 is 5.32 Å². The summed E-state index contributed by atoms with van der Waals surface area (Å²) in [6.45, 7) is 2.98. The van der Waals surface area contributed by atoms with Gasteiger partial charge in [-0.3, -0.25) is 4.99 Å². The number of aliphatic imine (C=N–C) groups is 1. The Balaban J connectivity index is 1.53. The van der Waals surface area contributed by atoms with Crippen molar-refractivity contribution < 1.29 is 4.74 Å². The number of guanidine groups is 1. The van der Waals surface area contributed by atoms with Gasteiger partial charge in [-0.2, -0.15) is 0 Å². The van der Waals surface area contributed by atoms with Gasteiger partial charge in [0.25, 0.3) is 0 Å². The fourth-order valence-corrected chi connectivity index (χ4v) is 3.28. The number of nitrogens with one attached hydrogen (secondary N) is 1. The van der Waals surface area contributed by atoms with E-state index in [0.29, 0.717) is 17.9 Å². The van der Waals surface area contributed by atoms with Crippen LogP contribution in [-0.2, 0) is 4.74 Å². The molecule has 0 radical (unpaired) electrons. The molecule has 1 saturated heterocycles. The summed E-state index contributed by atoms with van der Waals surface area (Å²) in [5, 5.41) is 3.63. The van der Waals surface area contributed by atoms with Crippen LogP contribution in [0.3, 0.4) is 0 Å².